The molecule has 15 heavy (non-hydrogen) atoms. The Balaban J connectivity index is 2.44. The monoisotopic (exact) mass is 217 g/mol. The fourth-order valence-corrected chi connectivity index (χ4v) is 2.37. The third-order valence-corrected chi connectivity index (χ3v) is 3.06. The molecular weight excluding hydrogens is 193 g/mol. The van der Waals surface area contributed by atoms with Gasteiger partial charge in [0.2, 0.25) is 0 Å². The van der Waals surface area contributed by atoms with Crippen LogP contribution in [-0.4, -0.2) is 41.9 Å². The van der Waals surface area contributed by atoms with E-state index in [0.717, 1.165) is 32.5 Å². The second kappa shape index (κ2) is 5.26. The molecule has 0 amide bonds. The first kappa shape index (κ1) is 12.9. The summed E-state index contributed by atoms with van der Waals surface area (Å²) in [6.45, 7) is 8.64. The molecule has 1 aliphatic heterocycles. The lowest BCUT2D eigenvalue weighted by atomic mass is 9.87. The van der Waals surface area contributed by atoms with Gasteiger partial charge in [-0.05, 0) is 31.6 Å². The van der Waals surface area contributed by atoms with Gasteiger partial charge in [0, 0.05) is 19.6 Å². The van der Waals surface area contributed by atoms with Crippen LogP contribution in [0.15, 0.2) is 0 Å². The second-order valence-electron chi connectivity index (χ2n) is 5.66. The Kier molecular flexibility index (Phi) is 4.53. The maximum Gasteiger partial charge on any atom is 0.0985 e. The number of hydrogen-bond donors (Lipinski definition) is 1. The molecule has 0 spiro atoms. The highest BCUT2D eigenvalue weighted by molar-refractivity contribution is 4.82. The number of aliphatic hydroxyl groups is 1. The molecule has 0 bridgehead atoms. The number of rotatable bonds is 3. The topological polar surface area (TPSA) is 23.5 Å². The molecule has 1 N–H and O–H groups in total. The van der Waals surface area contributed by atoms with Crippen molar-refractivity contribution in [2.24, 2.45) is 5.41 Å². The van der Waals surface area contributed by atoms with Crippen LogP contribution in [-0.2, 0) is 0 Å². The Bertz CT molecular complexity index is 194. The Morgan fingerprint density at radius 3 is 2.80 bits per heavy atom. The number of nitrogens with zero attached hydrogens (tertiary/aromatic N) is 1. The average molecular weight is 217 g/mol. The van der Waals surface area contributed by atoms with E-state index in [1.807, 2.05) is 0 Å². The van der Waals surface area contributed by atoms with Gasteiger partial charge in [0.05, 0.1) is 12.3 Å². The van der Waals surface area contributed by atoms with Crippen LogP contribution in [0.2, 0.25) is 0 Å². The quantitative estimate of drug-likeness (QED) is 0.783. The minimum atomic E-state index is -0.721. The molecule has 1 aliphatic rings. The number of alkyl halides is 1. The molecule has 0 unspecified atom stereocenters. The smallest absolute Gasteiger partial charge is 0.0985 e. The van der Waals surface area contributed by atoms with E-state index in [-0.39, 0.29) is 11.5 Å². The lowest BCUT2D eigenvalue weighted by Gasteiger charge is -2.29. The van der Waals surface area contributed by atoms with Crippen molar-refractivity contribution in [2.45, 2.75) is 52.3 Å². The lowest BCUT2D eigenvalue weighted by molar-refractivity contribution is 0.121. The van der Waals surface area contributed by atoms with E-state index in [1.54, 1.807) is 6.92 Å². The van der Waals surface area contributed by atoms with E-state index >= 15 is 0 Å². The number of halogens is 1. The van der Waals surface area contributed by atoms with Crippen LogP contribution in [0.1, 0.15) is 40.0 Å². The average Bonchev–Trinajstić information content (AvgIpc) is 2.20. The van der Waals surface area contributed by atoms with Gasteiger partial charge in [0.1, 0.15) is 0 Å². The lowest BCUT2D eigenvalue weighted by Crippen LogP contribution is -2.34. The zero-order valence-electron chi connectivity index (χ0n) is 10.2. The first-order valence-corrected chi connectivity index (χ1v) is 5.93. The van der Waals surface area contributed by atoms with Crippen molar-refractivity contribution in [1.29, 1.82) is 0 Å². The van der Waals surface area contributed by atoms with Crippen LogP contribution in [0.3, 0.4) is 0 Å². The number of hydrogen-bond acceptors (Lipinski definition) is 2. The molecule has 0 aromatic rings. The Morgan fingerprint density at radius 2 is 2.20 bits per heavy atom. The van der Waals surface area contributed by atoms with Crippen molar-refractivity contribution in [2.75, 3.05) is 19.6 Å². The molecule has 0 aromatic heterocycles. The molecular formula is C12H24FNO. The van der Waals surface area contributed by atoms with Gasteiger partial charge in [-0.25, -0.2) is 4.39 Å². The fourth-order valence-electron chi connectivity index (χ4n) is 2.37. The summed E-state index contributed by atoms with van der Waals surface area (Å²) >= 11 is 0. The van der Waals surface area contributed by atoms with Crippen molar-refractivity contribution >= 4 is 0 Å². The van der Waals surface area contributed by atoms with E-state index in [1.165, 1.54) is 0 Å². The van der Waals surface area contributed by atoms with Gasteiger partial charge in [0.25, 0.3) is 0 Å². The maximum atomic E-state index is 12.8. The molecule has 1 fully saturated rings. The Hall–Kier alpha value is -0.150. The highest BCUT2D eigenvalue weighted by Gasteiger charge is 2.28. The van der Waals surface area contributed by atoms with Gasteiger partial charge in [-0.2, -0.15) is 0 Å². The molecule has 0 aliphatic carbocycles. The van der Waals surface area contributed by atoms with E-state index in [2.05, 4.69) is 18.7 Å². The summed E-state index contributed by atoms with van der Waals surface area (Å²) in [5.74, 6) is 0. The summed E-state index contributed by atoms with van der Waals surface area (Å²) < 4.78 is 12.8. The van der Waals surface area contributed by atoms with Crippen LogP contribution in [0.5, 0.6) is 0 Å². The van der Waals surface area contributed by atoms with Gasteiger partial charge in [-0.15, -0.1) is 0 Å². The molecule has 2 nitrogen and oxygen atoms in total. The molecule has 1 heterocycles. The highest BCUT2D eigenvalue weighted by atomic mass is 19.1. The molecule has 0 aromatic carbocycles. The second-order valence-corrected chi connectivity index (χ2v) is 5.66. The number of likely N-dealkylation sites (tertiary alicyclic amines) is 1. The molecule has 90 valence electrons. The van der Waals surface area contributed by atoms with Crippen LogP contribution >= 0.6 is 0 Å². The minimum Gasteiger partial charge on any atom is -0.393 e. The van der Waals surface area contributed by atoms with Gasteiger partial charge in [0.15, 0.2) is 0 Å². The Labute approximate surface area is 92.5 Å². The fraction of sp³-hybridized carbons (Fsp3) is 1.00. The van der Waals surface area contributed by atoms with Crippen molar-refractivity contribution in [1.82, 2.24) is 4.90 Å². The predicted molar refractivity (Wildman–Crippen MR) is 60.6 cm³/mol. The zero-order chi connectivity index (χ0) is 11.5. The van der Waals surface area contributed by atoms with Crippen molar-refractivity contribution in [3.05, 3.63) is 0 Å². The standard InChI is InChI=1S/C12H24FNO/c1-10(13)4-6-14-7-5-11(15)8-12(2,3)9-14/h10-11,15H,4-9H2,1-3H3/t10-,11-/m1/s1. The third-order valence-electron chi connectivity index (χ3n) is 3.06. The largest absolute Gasteiger partial charge is 0.393 e. The summed E-state index contributed by atoms with van der Waals surface area (Å²) in [7, 11) is 0. The molecule has 3 heteroatoms. The normalized spacial score (nSPS) is 29.8. The third kappa shape index (κ3) is 4.94. The van der Waals surface area contributed by atoms with E-state index in [0.29, 0.717) is 6.42 Å². The molecule has 0 saturated carbocycles. The van der Waals surface area contributed by atoms with Gasteiger partial charge < -0.3 is 10.0 Å². The van der Waals surface area contributed by atoms with Gasteiger partial charge in [-0.3, -0.25) is 0 Å². The summed E-state index contributed by atoms with van der Waals surface area (Å²) in [5.41, 5.74) is 0.148. The van der Waals surface area contributed by atoms with Crippen molar-refractivity contribution in [3.8, 4) is 0 Å². The van der Waals surface area contributed by atoms with E-state index in [9.17, 15) is 9.50 Å². The van der Waals surface area contributed by atoms with E-state index in [4.69, 9.17) is 0 Å². The summed E-state index contributed by atoms with van der Waals surface area (Å²) in [6.07, 6.45) is 1.37. The maximum absolute atomic E-state index is 12.8. The van der Waals surface area contributed by atoms with Gasteiger partial charge >= 0.3 is 0 Å². The van der Waals surface area contributed by atoms with E-state index < -0.39 is 6.17 Å². The first-order valence-electron chi connectivity index (χ1n) is 5.93. The van der Waals surface area contributed by atoms with Crippen molar-refractivity contribution in [3.63, 3.8) is 0 Å². The van der Waals surface area contributed by atoms with Crippen LogP contribution in [0, 0.1) is 5.41 Å². The highest BCUT2D eigenvalue weighted by Crippen LogP contribution is 2.28. The summed E-state index contributed by atoms with van der Waals surface area (Å²) in [5, 5.41) is 9.72. The van der Waals surface area contributed by atoms with Crippen LogP contribution in [0.4, 0.5) is 4.39 Å². The summed E-state index contributed by atoms with van der Waals surface area (Å²) in [4.78, 5) is 2.28. The SMILES string of the molecule is C[C@@H](F)CCN1CC[C@@H](O)CC(C)(C)C1. The van der Waals surface area contributed by atoms with Crippen molar-refractivity contribution < 1.29 is 9.50 Å². The Morgan fingerprint density at radius 1 is 1.53 bits per heavy atom. The van der Waals surface area contributed by atoms with Crippen LogP contribution < -0.4 is 0 Å². The molecule has 1 saturated heterocycles. The van der Waals surface area contributed by atoms with Crippen LogP contribution in [0.25, 0.3) is 0 Å². The predicted octanol–water partition coefficient (Wildman–Crippen LogP) is 2.22. The molecule has 1 rings (SSSR count). The molecule has 2 atom stereocenters. The zero-order valence-corrected chi connectivity index (χ0v) is 10.2. The minimum absolute atomic E-state index is 0.148. The van der Waals surface area contributed by atoms with Gasteiger partial charge in [-0.1, -0.05) is 13.8 Å². The first-order chi connectivity index (χ1) is 6.89. The number of aliphatic hydroxyl groups excluding tert-OH is 1. The molecule has 0 radical (unpaired) electrons. The summed E-state index contributed by atoms with van der Waals surface area (Å²) in [6, 6.07) is 0.